The Morgan fingerprint density at radius 3 is 2.93 bits per heavy atom. The van der Waals surface area contributed by atoms with E-state index in [0.29, 0.717) is 18.4 Å². The molecule has 4 heterocycles. The summed E-state index contributed by atoms with van der Waals surface area (Å²) in [5.41, 5.74) is 1.54. The van der Waals surface area contributed by atoms with Gasteiger partial charge in [-0.15, -0.1) is 11.3 Å². The number of Topliss-reactive ketones (excluding diaryl/α,β-unsaturated/α-hetero) is 1. The van der Waals surface area contributed by atoms with Gasteiger partial charge in [-0.2, -0.15) is 5.10 Å². The minimum Gasteiger partial charge on any atom is -0.360 e. The van der Waals surface area contributed by atoms with Crippen molar-refractivity contribution in [3.8, 4) is 0 Å². The van der Waals surface area contributed by atoms with Gasteiger partial charge >= 0.3 is 0 Å². The number of hydrogen-bond acceptors (Lipinski definition) is 6. The molecule has 0 aromatic carbocycles. The zero-order valence-corrected chi connectivity index (χ0v) is 16.6. The first-order valence-electron chi connectivity index (χ1n) is 9.13. The highest BCUT2D eigenvalue weighted by Crippen LogP contribution is 2.41. The molecule has 1 aliphatic heterocycles. The summed E-state index contributed by atoms with van der Waals surface area (Å²) in [6.45, 7) is 6.37. The molecule has 0 saturated carbocycles. The molecule has 1 N–H and O–H groups in total. The third-order valence-corrected chi connectivity index (χ3v) is 5.98. The number of pyridine rings is 1. The number of thiazole rings is 1. The van der Waals surface area contributed by atoms with Gasteiger partial charge in [0.05, 0.1) is 23.3 Å². The predicted octanol–water partition coefficient (Wildman–Crippen LogP) is 4.15. The topological polar surface area (TPSA) is 72.7 Å². The van der Waals surface area contributed by atoms with Crippen LogP contribution in [0.25, 0.3) is 0 Å². The molecule has 0 bridgehead atoms. The van der Waals surface area contributed by atoms with Gasteiger partial charge in [0.25, 0.3) is 0 Å². The lowest BCUT2D eigenvalue weighted by atomic mass is 9.92. The largest absolute Gasteiger partial charge is 0.360 e. The first kappa shape index (κ1) is 17.9. The van der Waals surface area contributed by atoms with Crippen LogP contribution in [-0.4, -0.2) is 25.5 Å². The van der Waals surface area contributed by atoms with Crippen molar-refractivity contribution in [1.82, 2.24) is 19.7 Å². The number of nitrogens with zero attached hydrogens (tertiary/aromatic N) is 4. The maximum absolute atomic E-state index is 12.9. The molecule has 3 aromatic heterocycles. The Kier molecular flexibility index (Phi) is 4.55. The van der Waals surface area contributed by atoms with E-state index >= 15 is 0 Å². The molecule has 1 unspecified atom stereocenters. The van der Waals surface area contributed by atoms with E-state index in [1.54, 1.807) is 23.7 Å². The van der Waals surface area contributed by atoms with E-state index < -0.39 is 0 Å². The van der Waals surface area contributed by atoms with Gasteiger partial charge in [0, 0.05) is 29.9 Å². The number of carbonyl (C=O) groups is 1. The van der Waals surface area contributed by atoms with Gasteiger partial charge < -0.3 is 5.32 Å². The fourth-order valence-electron chi connectivity index (χ4n) is 3.57. The van der Waals surface area contributed by atoms with Crippen LogP contribution in [0.4, 0.5) is 5.82 Å². The minimum absolute atomic E-state index is 0.0905. The molecule has 6 nitrogen and oxygen atoms in total. The molecule has 1 aliphatic rings. The van der Waals surface area contributed by atoms with E-state index in [0.717, 1.165) is 22.8 Å². The summed E-state index contributed by atoms with van der Waals surface area (Å²) in [6.07, 6.45) is 9.14. The second-order valence-electron chi connectivity index (χ2n) is 7.63. The average Bonchev–Trinajstić information content (AvgIpc) is 3.27. The van der Waals surface area contributed by atoms with Gasteiger partial charge in [-0.25, -0.2) is 9.67 Å². The van der Waals surface area contributed by atoms with Crippen LogP contribution >= 0.6 is 11.3 Å². The van der Waals surface area contributed by atoms with Crippen molar-refractivity contribution in [2.24, 2.45) is 0 Å². The van der Waals surface area contributed by atoms with Crippen LogP contribution < -0.4 is 5.32 Å². The van der Waals surface area contributed by atoms with Crippen LogP contribution in [0.1, 0.15) is 58.5 Å². The standard InChI is InChI=1S/C20H23N5OS/c1-13-10-22-19(27-13)16-9-20(2,3)25-18(24-16)15(12-23-25)17(26)7-6-14-5-4-8-21-11-14/h4-5,8,10-12,16,24H,6-7,9H2,1-3H3. The molecular formula is C20H23N5OS. The van der Waals surface area contributed by atoms with Crippen LogP contribution in [0, 0.1) is 6.92 Å². The molecule has 0 amide bonds. The van der Waals surface area contributed by atoms with Gasteiger partial charge in [-0.05, 0) is 45.2 Å². The summed E-state index contributed by atoms with van der Waals surface area (Å²) in [6, 6.07) is 3.98. The lowest BCUT2D eigenvalue weighted by Crippen LogP contribution is -2.38. The summed E-state index contributed by atoms with van der Waals surface area (Å²) in [5, 5.41) is 9.11. The molecule has 140 valence electrons. The smallest absolute Gasteiger partial charge is 0.168 e. The molecule has 1 atom stereocenters. The van der Waals surface area contributed by atoms with Crippen LogP contribution in [0.5, 0.6) is 0 Å². The van der Waals surface area contributed by atoms with E-state index in [-0.39, 0.29) is 17.4 Å². The Morgan fingerprint density at radius 2 is 2.22 bits per heavy atom. The predicted molar refractivity (Wildman–Crippen MR) is 106 cm³/mol. The van der Waals surface area contributed by atoms with Crippen LogP contribution in [0.15, 0.2) is 36.9 Å². The Labute approximate surface area is 162 Å². The second kappa shape index (κ2) is 6.88. The molecule has 0 aliphatic carbocycles. The Morgan fingerprint density at radius 1 is 1.37 bits per heavy atom. The number of ketones is 1. The zero-order chi connectivity index (χ0) is 19.0. The molecular weight excluding hydrogens is 358 g/mol. The molecule has 3 aromatic rings. The first-order chi connectivity index (χ1) is 12.9. The number of rotatable bonds is 5. The number of fused-ring (bicyclic) bond motifs is 1. The van der Waals surface area contributed by atoms with Crippen molar-refractivity contribution < 1.29 is 4.79 Å². The van der Waals surface area contributed by atoms with Gasteiger partial charge in [-0.3, -0.25) is 9.78 Å². The van der Waals surface area contributed by atoms with E-state index in [1.165, 1.54) is 4.88 Å². The van der Waals surface area contributed by atoms with Crippen molar-refractivity contribution in [3.05, 3.63) is 57.9 Å². The Balaban J connectivity index is 1.58. The monoisotopic (exact) mass is 381 g/mol. The van der Waals surface area contributed by atoms with Crippen molar-refractivity contribution in [1.29, 1.82) is 0 Å². The molecule has 0 saturated heterocycles. The van der Waals surface area contributed by atoms with Gasteiger partial charge in [0.2, 0.25) is 0 Å². The van der Waals surface area contributed by atoms with E-state index in [4.69, 9.17) is 0 Å². The number of aromatic nitrogens is 4. The van der Waals surface area contributed by atoms with Crippen molar-refractivity contribution in [2.45, 2.75) is 51.6 Å². The quantitative estimate of drug-likeness (QED) is 0.672. The van der Waals surface area contributed by atoms with Gasteiger partial charge in [0.1, 0.15) is 10.8 Å². The zero-order valence-electron chi connectivity index (χ0n) is 15.8. The summed E-state index contributed by atoms with van der Waals surface area (Å²) in [4.78, 5) is 22.7. The second-order valence-corrected chi connectivity index (χ2v) is 8.89. The van der Waals surface area contributed by atoms with Gasteiger partial charge in [-0.1, -0.05) is 6.07 Å². The number of hydrogen-bond donors (Lipinski definition) is 1. The summed E-state index contributed by atoms with van der Waals surface area (Å²) < 4.78 is 1.95. The van der Waals surface area contributed by atoms with E-state index in [2.05, 4.69) is 41.2 Å². The molecule has 0 fully saturated rings. The number of aryl methyl sites for hydroxylation is 2. The van der Waals surface area contributed by atoms with Crippen LogP contribution in [0.2, 0.25) is 0 Å². The summed E-state index contributed by atoms with van der Waals surface area (Å²) >= 11 is 1.70. The van der Waals surface area contributed by atoms with Crippen LogP contribution in [-0.2, 0) is 12.0 Å². The number of carbonyl (C=O) groups excluding carboxylic acids is 1. The maximum Gasteiger partial charge on any atom is 0.168 e. The van der Waals surface area contributed by atoms with Gasteiger partial charge in [0.15, 0.2) is 5.78 Å². The third-order valence-electron chi connectivity index (χ3n) is 4.96. The highest BCUT2D eigenvalue weighted by atomic mass is 32.1. The fraction of sp³-hybridized carbons (Fsp3) is 0.400. The molecule has 7 heteroatoms. The van der Waals surface area contributed by atoms with Crippen molar-refractivity contribution in [3.63, 3.8) is 0 Å². The fourth-order valence-corrected chi connectivity index (χ4v) is 4.40. The van der Waals surface area contributed by atoms with E-state index in [9.17, 15) is 4.79 Å². The lowest BCUT2D eigenvalue weighted by molar-refractivity contribution is 0.0983. The van der Waals surface area contributed by atoms with E-state index in [1.807, 2.05) is 29.2 Å². The SMILES string of the molecule is Cc1cnc(C2CC(C)(C)n3ncc(C(=O)CCc4cccnc4)c3N2)s1. The molecule has 27 heavy (non-hydrogen) atoms. The highest BCUT2D eigenvalue weighted by Gasteiger charge is 2.37. The van der Waals surface area contributed by atoms with Crippen LogP contribution in [0.3, 0.4) is 0 Å². The first-order valence-corrected chi connectivity index (χ1v) is 9.95. The highest BCUT2D eigenvalue weighted by molar-refractivity contribution is 7.11. The Bertz CT molecular complexity index is 960. The number of anilines is 1. The Hall–Kier alpha value is -2.54. The number of nitrogens with one attached hydrogen (secondary N) is 1. The maximum atomic E-state index is 12.9. The normalized spacial score (nSPS) is 18.0. The third kappa shape index (κ3) is 3.51. The summed E-state index contributed by atoms with van der Waals surface area (Å²) in [5.74, 6) is 0.902. The summed E-state index contributed by atoms with van der Waals surface area (Å²) in [7, 11) is 0. The lowest BCUT2D eigenvalue weighted by Gasteiger charge is -2.37. The molecule has 4 rings (SSSR count). The average molecular weight is 382 g/mol. The van der Waals surface area contributed by atoms with Crippen molar-refractivity contribution >= 4 is 22.9 Å². The molecule has 0 spiro atoms. The molecule has 0 radical (unpaired) electrons. The van der Waals surface area contributed by atoms with Crippen molar-refractivity contribution in [2.75, 3.05) is 5.32 Å². The minimum atomic E-state index is -0.188.